The maximum atomic E-state index is 12.6. The van der Waals surface area contributed by atoms with E-state index in [0.717, 1.165) is 11.8 Å². The minimum absolute atomic E-state index is 0.0982. The molecular weight excluding hydrogens is 286 g/mol. The average Bonchev–Trinajstić information content (AvgIpc) is 2.47. The Kier molecular flexibility index (Phi) is 3.09. The van der Waals surface area contributed by atoms with E-state index in [1.165, 1.54) is 6.07 Å². The lowest BCUT2D eigenvalue weighted by atomic mass is 10.1. The third kappa shape index (κ3) is 1.92. The second-order valence-electron chi connectivity index (χ2n) is 5.02. The second-order valence-corrected chi connectivity index (χ2v) is 5.02. The van der Waals surface area contributed by atoms with E-state index in [1.807, 2.05) is 19.9 Å². The lowest BCUT2D eigenvalue weighted by molar-refractivity contribution is 0.0663. The molecule has 1 N–H and O–H groups in total. The van der Waals surface area contributed by atoms with Crippen LogP contribution in [0.15, 0.2) is 38.3 Å². The molecule has 0 amide bonds. The highest BCUT2D eigenvalue weighted by Gasteiger charge is 2.16. The Morgan fingerprint density at radius 3 is 2.59 bits per heavy atom. The maximum absolute atomic E-state index is 12.6. The van der Waals surface area contributed by atoms with Gasteiger partial charge in [0.05, 0.1) is 10.8 Å². The first-order valence-electron chi connectivity index (χ1n) is 6.78. The van der Waals surface area contributed by atoms with E-state index in [9.17, 15) is 14.4 Å². The summed E-state index contributed by atoms with van der Waals surface area (Å²) in [6.07, 6.45) is 0. The van der Waals surface area contributed by atoms with Gasteiger partial charge in [-0.05, 0) is 31.4 Å². The number of aromatic nitrogens is 1. The number of rotatable bonds is 2. The third-order valence-electron chi connectivity index (χ3n) is 3.70. The van der Waals surface area contributed by atoms with Gasteiger partial charge in [-0.15, -0.1) is 0 Å². The van der Waals surface area contributed by atoms with Crippen molar-refractivity contribution in [3.63, 3.8) is 0 Å². The predicted molar refractivity (Wildman–Crippen MR) is 81.6 cm³/mol. The highest BCUT2D eigenvalue weighted by Crippen LogP contribution is 2.22. The van der Waals surface area contributed by atoms with Crippen LogP contribution in [0.3, 0.4) is 0 Å². The molecule has 0 saturated carbocycles. The van der Waals surface area contributed by atoms with Gasteiger partial charge in [-0.25, -0.2) is 4.79 Å². The number of aryl methyl sites for hydroxylation is 1. The van der Waals surface area contributed by atoms with E-state index in [4.69, 9.17) is 9.52 Å². The number of hydrogen-bond donors (Lipinski definition) is 1. The van der Waals surface area contributed by atoms with Crippen LogP contribution in [0.25, 0.3) is 21.7 Å². The Hall–Kier alpha value is -2.89. The van der Waals surface area contributed by atoms with Gasteiger partial charge in [0.2, 0.25) is 5.76 Å². The van der Waals surface area contributed by atoms with Crippen molar-refractivity contribution < 1.29 is 14.3 Å². The molecular formula is C16H13NO5. The molecule has 3 aromatic rings. The molecule has 6 nitrogen and oxygen atoms in total. The molecule has 2 aromatic heterocycles. The number of hydrogen-bond acceptors (Lipinski definition) is 4. The molecule has 0 fully saturated rings. The molecule has 2 heterocycles. The van der Waals surface area contributed by atoms with E-state index < -0.39 is 17.2 Å². The van der Waals surface area contributed by atoms with Gasteiger partial charge in [-0.3, -0.25) is 9.59 Å². The second kappa shape index (κ2) is 4.84. The summed E-state index contributed by atoms with van der Waals surface area (Å²) in [5, 5.41) is 9.97. The van der Waals surface area contributed by atoms with Crippen LogP contribution in [0.5, 0.6) is 0 Å². The number of pyridine rings is 1. The normalized spacial score (nSPS) is 11.2. The first-order chi connectivity index (χ1) is 10.4. The van der Waals surface area contributed by atoms with Crippen LogP contribution < -0.4 is 11.0 Å². The van der Waals surface area contributed by atoms with E-state index >= 15 is 0 Å². The topological polar surface area (TPSA) is 89.5 Å². The smallest absolute Gasteiger partial charge is 0.371 e. The van der Waals surface area contributed by atoms with Crippen LogP contribution in [0, 0.1) is 6.92 Å². The minimum atomic E-state index is -1.33. The van der Waals surface area contributed by atoms with Crippen LogP contribution in [0.2, 0.25) is 0 Å². The molecule has 6 heteroatoms. The van der Waals surface area contributed by atoms with Crippen LogP contribution in [0.4, 0.5) is 0 Å². The number of benzene rings is 1. The summed E-state index contributed by atoms with van der Waals surface area (Å²) in [6, 6.07) is 5.89. The molecule has 0 aliphatic heterocycles. The van der Waals surface area contributed by atoms with Crippen molar-refractivity contribution in [1.82, 2.24) is 4.57 Å². The SMILES string of the molecule is CCn1c(C)cc2ccc3oc(C(=O)O)cc(=O)c3c2c1=O. The number of carbonyl (C=O) groups is 1. The van der Waals surface area contributed by atoms with Gasteiger partial charge < -0.3 is 14.1 Å². The number of fused-ring (bicyclic) bond motifs is 3. The van der Waals surface area contributed by atoms with Gasteiger partial charge in [0.15, 0.2) is 5.43 Å². The average molecular weight is 299 g/mol. The van der Waals surface area contributed by atoms with Gasteiger partial charge in [0, 0.05) is 18.3 Å². The highest BCUT2D eigenvalue weighted by atomic mass is 16.4. The lowest BCUT2D eigenvalue weighted by Gasteiger charge is -2.10. The Morgan fingerprint density at radius 1 is 1.23 bits per heavy atom. The first-order valence-corrected chi connectivity index (χ1v) is 6.78. The van der Waals surface area contributed by atoms with Crippen LogP contribution in [0.1, 0.15) is 23.2 Å². The fourth-order valence-electron chi connectivity index (χ4n) is 2.72. The summed E-state index contributed by atoms with van der Waals surface area (Å²) in [5.74, 6) is -1.77. The van der Waals surface area contributed by atoms with E-state index in [0.29, 0.717) is 11.9 Å². The van der Waals surface area contributed by atoms with Crippen LogP contribution >= 0.6 is 0 Å². The lowest BCUT2D eigenvalue weighted by Crippen LogP contribution is -2.22. The zero-order valence-electron chi connectivity index (χ0n) is 12.0. The zero-order chi connectivity index (χ0) is 16.0. The molecule has 0 radical (unpaired) electrons. The van der Waals surface area contributed by atoms with E-state index in [-0.39, 0.29) is 21.9 Å². The van der Waals surface area contributed by atoms with Crippen LogP contribution in [-0.4, -0.2) is 15.6 Å². The van der Waals surface area contributed by atoms with Gasteiger partial charge >= 0.3 is 5.97 Å². The fraction of sp³-hybridized carbons (Fsp3) is 0.188. The minimum Gasteiger partial charge on any atom is -0.475 e. The molecule has 0 aliphatic rings. The quantitative estimate of drug-likeness (QED) is 0.732. The summed E-state index contributed by atoms with van der Waals surface area (Å²) in [7, 11) is 0. The largest absolute Gasteiger partial charge is 0.475 e. The summed E-state index contributed by atoms with van der Waals surface area (Å²) in [4.78, 5) is 35.9. The Labute approximate surface area is 124 Å². The first kappa shape index (κ1) is 14.1. The Morgan fingerprint density at radius 2 is 1.95 bits per heavy atom. The summed E-state index contributed by atoms with van der Waals surface area (Å²) in [5.41, 5.74) is 0.0817. The summed E-state index contributed by atoms with van der Waals surface area (Å²) in [6.45, 7) is 4.15. The fourth-order valence-corrected chi connectivity index (χ4v) is 2.72. The van der Waals surface area contributed by atoms with Crippen LogP contribution in [-0.2, 0) is 6.54 Å². The molecule has 0 spiro atoms. The van der Waals surface area contributed by atoms with Gasteiger partial charge in [0.1, 0.15) is 5.58 Å². The standard InChI is InChI=1S/C16H13NO5/c1-3-17-8(2)6-9-4-5-11-14(13(9)15(17)19)10(18)7-12(22-11)16(20)21/h4-7H,3H2,1-2H3,(H,20,21). The molecule has 0 aliphatic carbocycles. The van der Waals surface area contributed by atoms with Gasteiger partial charge in [-0.1, -0.05) is 6.07 Å². The van der Waals surface area contributed by atoms with Crippen molar-refractivity contribution in [2.75, 3.05) is 0 Å². The third-order valence-corrected chi connectivity index (χ3v) is 3.70. The Bertz CT molecular complexity index is 1040. The van der Waals surface area contributed by atoms with E-state index in [2.05, 4.69) is 0 Å². The number of nitrogens with zero attached hydrogens (tertiary/aromatic N) is 1. The summed E-state index contributed by atoms with van der Waals surface area (Å²) < 4.78 is 6.79. The predicted octanol–water partition coefficient (Wildman–Crippen LogP) is 2.13. The van der Waals surface area contributed by atoms with E-state index in [1.54, 1.807) is 10.6 Å². The number of carboxylic acids is 1. The van der Waals surface area contributed by atoms with Crippen molar-refractivity contribution in [2.45, 2.75) is 20.4 Å². The van der Waals surface area contributed by atoms with Crippen molar-refractivity contribution in [2.24, 2.45) is 0 Å². The molecule has 0 bridgehead atoms. The molecule has 1 aromatic carbocycles. The number of carboxylic acid groups (broad SMARTS) is 1. The van der Waals surface area contributed by atoms with Crippen molar-refractivity contribution in [1.29, 1.82) is 0 Å². The highest BCUT2D eigenvalue weighted by molar-refractivity contribution is 6.05. The summed E-state index contributed by atoms with van der Waals surface area (Å²) >= 11 is 0. The molecule has 0 unspecified atom stereocenters. The number of aromatic carboxylic acids is 1. The van der Waals surface area contributed by atoms with Gasteiger partial charge in [-0.2, -0.15) is 0 Å². The molecule has 112 valence electrons. The van der Waals surface area contributed by atoms with Gasteiger partial charge in [0.25, 0.3) is 5.56 Å². The Balaban J connectivity index is 2.59. The van der Waals surface area contributed by atoms with Crippen molar-refractivity contribution in [3.05, 3.63) is 56.3 Å². The molecule has 0 atom stereocenters. The van der Waals surface area contributed by atoms with Crippen molar-refractivity contribution >= 4 is 27.7 Å². The zero-order valence-corrected chi connectivity index (χ0v) is 12.0. The molecule has 22 heavy (non-hydrogen) atoms. The molecule has 3 rings (SSSR count). The maximum Gasteiger partial charge on any atom is 0.371 e. The van der Waals surface area contributed by atoms with Crippen molar-refractivity contribution in [3.8, 4) is 0 Å². The molecule has 0 saturated heterocycles. The monoisotopic (exact) mass is 299 g/mol.